The van der Waals surface area contributed by atoms with Crippen molar-refractivity contribution >= 4 is 41.5 Å². The second kappa shape index (κ2) is 9.41. The SMILES string of the molecule is I.NC(=NCc1cccc(CN2CCCC2=O)c1)Nc1ccc2c(c1)CCC2. The quantitative estimate of drug-likeness (QED) is 0.380. The summed E-state index contributed by atoms with van der Waals surface area (Å²) in [6.07, 6.45) is 5.21. The smallest absolute Gasteiger partial charge is 0.222 e. The molecule has 0 atom stereocenters. The summed E-state index contributed by atoms with van der Waals surface area (Å²) in [5, 5.41) is 3.20. The number of nitrogens with two attached hydrogens (primary N) is 1. The van der Waals surface area contributed by atoms with E-state index in [1.807, 2.05) is 17.0 Å². The molecular weight excluding hydrogens is 463 g/mol. The molecule has 1 aliphatic heterocycles. The summed E-state index contributed by atoms with van der Waals surface area (Å²) in [5.74, 6) is 0.675. The lowest BCUT2D eigenvalue weighted by Gasteiger charge is -2.15. The van der Waals surface area contributed by atoms with Crippen molar-refractivity contribution in [2.75, 3.05) is 11.9 Å². The van der Waals surface area contributed by atoms with E-state index in [0.29, 0.717) is 25.5 Å². The molecule has 0 radical (unpaired) electrons. The molecule has 0 saturated carbocycles. The van der Waals surface area contributed by atoms with Gasteiger partial charge in [0.15, 0.2) is 5.96 Å². The van der Waals surface area contributed by atoms with Gasteiger partial charge in [-0.25, -0.2) is 4.99 Å². The van der Waals surface area contributed by atoms with E-state index in [1.165, 1.54) is 24.0 Å². The minimum absolute atomic E-state index is 0. The summed E-state index contributed by atoms with van der Waals surface area (Å²) in [4.78, 5) is 18.2. The minimum atomic E-state index is 0. The fourth-order valence-corrected chi connectivity index (χ4v) is 3.93. The fourth-order valence-electron chi connectivity index (χ4n) is 3.93. The number of benzene rings is 2. The molecule has 1 fully saturated rings. The Hall–Kier alpha value is -2.09. The molecule has 2 aliphatic rings. The maximum Gasteiger partial charge on any atom is 0.222 e. The summed E-state index contributed by atoms with van der Waals surface area (Å²) in [6.45, 7) is 2.06. The first kappa shape index (κ1) is 20.6. The van der Waals surface area contributed by atoms with Crippen LogP contribution in [0, 0.1) is 0 Å². The fraction of sp³-hybridized carbons (Fsp3) is 0.364. The van der Waals surface area contributed by atoms with E-state index in [9.17, 15) is 4.79 Å². The monoisotopic (exact) mass is 490 g/mol. The second-order valence-corrected chi connectivity index (χ2v) is 7.40. The van der Waals surface area contributed by atoms with Gasteiger partial charge < -0.3 is 16.0 Å². The van der Waals surface area contributed by atoms with Gasteiger partial charge in [0.25, 0.3) is 0 Å². The average molecular weight is 490 g/mol. The van der Waals surface area contributed by atoms with Gasteiger partial charge in [0.2, 0.25) is 5.91 Å². The summed E-state index contributed by atoms with van der Waals surface area (Å²) in [5.41, 5.74) is 12.2. The Labute approximate surface area is 183 Å². The highest BCUT2D eigenvalue weighted by atomic mass is 127. The van der Waals surface area contributed by atoms with Crippen molar-refractivity contribution < 1.29 is 4.79 Å². The zero-order chi connectivity index (χ0) is 18.6. The molecule has 6 heteroatoms. The normalized spacial score (nSPS) is 16.1. The molecule has 2 aromatic carbocycles. The molecule has 3 N–H and O–H groups in total. The molecule has 2 aromatic rings. The maximum absolute atomic E-state index is 11.8. The summed E-state index contributed by atoms with van der Waals surface area (Å²) < 4.78 is 0. The van der Waals surface area contributed by atoms with Gasteiger partial charge in [-0.3, -0.25) is 4.79 Å². The van der Waals surface area contributed by atoms with Gasteiger partial charge in [-0.1, -0.05) is 30.3 Å². The minimum Gasteiger partial charge on any atom is -0.370 e. The zero-order valence-electron chi connectivity index (χ0n) is 16.0. The van der Waals surface area contributed by atoms with Crippen molar-refractivity contribution in [1.82, 2.24) is 4.90 Å². The van der Waals surface area contributed by atoms with Crippen molar-refractivity contribution in [2.24, 2.45) is 10.7 Å². The van der Waals surface area contributed by atoms with Crippen LogP contribution in [0.1, 0.15) is 41.5 Å². The first-order valence-electron chi connectivity index (χ1n) is 9.72. The third kappa shape index (κ3) is 5.04. The molecule has 0 aromatic heterocycles. The highest BCUT2D eigenvalue weighted by Crippen LogP contribution is 2.24. The predicted octanol–water partition coefficient (Wildman–Crippen LogP) is 3.84. The first-order chi connectivity index (χ1) is 13.2. The third-order valence-corrected chi connectivity index (χ3v) is 5.34. The van der Waals surface area contributed by atoms with Gasteiger partial charge in [0, 0.05) is 25.2 Å². The Bertz CT molecular complexity index is 881. The van der Waals surface area contributed by atoms with Crippen LogP contribution < -0.4 is 11.1 Å². The van der Waals surface area contributed by atoms with Crippen LogP contribution in [0.25, 0.3) is 0 Å². The Balaban J connectivity index is 0.00000225. The predicted molar refractivity (Wildman–Crippen MR) is 124 cm³/mol. The van der Waals surface area contributed by atoms with Crippen molar-refractivity contribution in [2.45, 2.75) is 45.2 Å². The Morgan fingerprint density at radius 3 is 2.68 bits per heavy atom. The average Bonchev–Trinajstić information content (AvgIpc) is 3.29. The van der Waals surface area contributed by atoms with E-state index in [2.05, 4.69) is 40.6 Å². The molecule has 28 heavy (non-hydrogen) atoms. The van der Waals surface area contributed by atoms with Crippen LogP contribution in [0.5, 0.6) is 0 Å². The molecule has 148 valence electrons. The summed E-state index contributed by atoms with van der Waals surface area (Å²) in [6, 6.07) is 14.7. The Morgan fingerprint density at radius 1 is 1.04 bits per heavy atom. The van der Waals surface area contributed by atoms with Crippen LogP contribution in [0.3, 0.4) is 0 Å². The van der Waals surface area contributed by atoms with E-state index in [1.54, 1.807) is 0 Å². The molecular formula is C22H27IN4O. The van der Waals surface area contributed by atoms with Gasteiger partial charge in [0.05, 0.1) is 6.54 Å². The van der Waals surface area contributed by atoms with Crippen molar-refractivity contribution in [1.29, 1.82) is 0 Å². The molecule has 5 nitrogen and oxygen atoms in total. The van der Waals surface area contributed by atoms with Gasteiger partial charge >= 0.3 is 0 Å². The zero-order valence-corrected chi connectivity index (χ0v) is 18.3. The number of fused-ring (bicyclic) bond motifs is 1. The molecule has 1 saturated heterocycles. The number of aryl methyl sites for hydroxylation is 2. The lowest BCUT2D eigenvalue weighted by molar-refractivity contribution is -0.128. The number of nitrogens with one attached hydrogen (secondary N) is 1. The number of carbonyl (C=O) groups is 1. The summed E-state index contributed by atoms with van der Waals surface area (Å²) in [7, 11) is 0. The number of hydrogen-bond donors (Lipinski definition) is 2. The van der Waals surface area contributed by atoms with E-state index in [-0.39, 0.29) is 29.9 Å². The summed E-state index contributed by atoms with van der Waals surface area (Å²) >= 11 is 0. The number of rotatable bonds is 5. The van der Waals surface area contributed by atoms with E-state index in [4.69, 9.17) is 5.73 Å². The number of carbonyl (C=O) groups excluding carboxylic acids is 1. The number of amides is 1. The highest BCUT2D eigenvalue weighted by molar-refractivity contribution is 14.0. The van der Waals surface area contributed by atoms with Crippen LogP contribution in [-0.4, -0.2) is 23.3 Å². The second-order valence-electron chi connectivity index (χ2n) is 7.40. The van der Waals surface area contributed by atoms with Gasteiger partial charge in [0.1, 0.15) is 0 Å². The van der Waals surface area contributed by atoms with Crippen molar-refractivity contribution in [3.8, 4) is 0 Å². The first-order valence-corrected chi connectivity index (χ1v) is 9.72. The topological polar surface area (TPSA) is 70.7 Å². The van der Waals surface area contributed by atoms with Crippen LogP contribution in [0.2, 0.25) is 0 Å². The standard InChI is InChI=1S/C22H26N4O.HI/c23-22(25-20-10-9-18-6-2-7-19(18)13-20)24-14-16-4-1-5-17(12-16)15-26-11-3-8-21(26)27;/h1,4-5,9-10,12-13H,2-3,6-8,11,14-15H2,(H3,23,24,25);1H. The van der Waals surface area contributed by atoms with Gasteiger partial charge in [-0.05, 0) is 60.1 Å². The lowest BCUT2D eigenvalue weighted by Crippen LogP contribution is -2.24. The Kier molecular flexibility index (Phi) is 6.93. The van der Waals surface area contributed by atoms with E-state index in [0.717, 1.165) is 36.2 Å². The van der Waals surface area contributed by atoms with Gasteiger partial charge in [-0.2, -0.15) is 0 Å². The molecule has 0 unspecified atom stereocenters. The number of nitrogens with zero attached hydrogens (tertiary/aromatic N) is 2. The third-order valence-electron chi connectivity index (χ3n) is 5.34. The van der Waals surface area contributed by atoms with E-state index >= 15 is 0 Å². The lowest BCUT2D eigenvalue weighted by atomic mass is 10.1. The number of anilines is 1. The van der Waals surface area contributed by atoms with Crippen molar-refractivity contribution in [3.63, 3.8) is 0 Å². The van der Waals surface area contributed by atoms with Crippen molar-refractivity contribution in [3.05, 3.63) is 64.7 Å². The molecule has 0 bridgehead atoms. The molecule has 1 heterocycles. The van der Waals surface area contributed by atoms with Crippen LogP contribution in [0.15, 0.2) is 47.5 Å². The number of aliphatic imine (C=N–C) groups is 1. The largest absolute Gasteiger partial charge is 0.370 e. The number of halogens is 1. The Morgan fingerprint density at radius 2 is 1.86 bits per heavy atom. The number of likely N-dealkylation sites (tertiary alicyclic amines) is 1. The molecule has 1 amide bonds. The number of guanidine groups is 1. The number of hydrogen-bond acceptors (Lipinski definition) is 2. The van der Waals surface area contributed by atoms with Gasteiger partial charge in [-0.15, -0.1) is 24.0 Å². The molecule has 1 aliphatic carbocycles. The highest BCUT2D eigenvalue weighted by Gasteiger charge is 2.19. The van der Waals surface area contributed by atoms with E-state index < -0.39 is 0 Å². The molecule has 4 rings (SSSR count). The maximum atomic E-state index is 11.8. The van der Waals surface area contributed by atoms with Crippen LogP contribution in [-0.2, 0) is 30.7 Å². The molecule has 0 spiro atoms. The van der Waals surface area contributed by atoms with Crippen LogP contribution >= 0.6 is 24.0 Å². The van der Waals surface area contributed by atoms with Crippen LogP contribution in [0.4, 0.5) is 5.69 Å².